The Kier molecular flexibility index (Phi) is 6.62. The minimum absolute atomic E-state index is 0.209. The smallest absolute Gasteiger partial charge is 0.416 e. The van der Waals surface area contributed by atoms with E-state index >= 15 is 0 Å². The van der Waals surface area contributed by atoms with Gasteiger partial charge in [0, 0.05) is 23.4 Å². The van der Waals surface area contributed by atoms with E-state index in [-0.39, 0.29) is 11.8 Å². The lowest BCUT2D eigenvalue weighted by molar-refractivity contribution is -0.137. The minimum Gasteiger partial charge on any atom is -0.497 e. The summed E-state index contributed by atoms with van der Waals surface area (Å²) < 4.78 is 43.8. The number of benzene rings is 2. The van der Waals surface area contributed by atoms with Gasteiger partial charge in [-0.15, -0.1) is 0 Å². The molecule has 0 spiro atoms. The highest BCUT2D eigenvalue weighted by Crippen LogP contribution is 2.30. The molecule has 0 unspecified atom stereocenters. The van der Waals surface area contributed by atoms with E-state index in [0.717, 1.165) is 37.8 Å². The van der Waals surface area contributed by atoms with Crippen molar-refractivity contribution >= 4 is 11.5 Å². The minimum atomic E-state index is -4.39. The first-order valence-corrected chi connectivity index (χ1v) is 9.71. The summed E-state index contributed by atoms with van der Waals surface area (Å²) in [5, 5.41) is 3.39. The Balaban J connectivity index is 1.88. The van der Waals surface area contributed by atoms with Crippen LogP contribution in [0.5, 0.6) is 5.75 Å². The van der Waals surface area contributed by atoms with Gasteiger partial charge in [0.05, 0.1) is 12.7 Å². The number of carbonyl (C=O) groups is 1. The fourth-order valence-corrected chi connectivity index (χ4v) is 3.48. The van der Waals surface area contributed by atoms with E-state index < -0.39 is 11.7 Å². The molecule has 0 amide bonds. The normalized spacial score (nSPS) is 15.8. The average molecular weight is 403 g/mol. The average Bonchev–Trinajstić information content (AvgIpc) is 2.73. The highest BCUT2D eigenvalue weighted by Gasteiger charge is 2.30. The summed E-state index contributed by atoms with van der Waals surface area (Å²) in [6, 6.07) is 11.9. The van der Waals surface area contributed by atoms with Crippen LogP contribution < -0.4 is 10.1 Å². The molecule has 1 saturated carbocycles. The van der Waals surface area contributed by atoms with Gasteiger partial charge in [0.25, 0.3) is 0 Å². The zero-order valence-corrected chi connectivity index (χ0v) is 16.3. The summed E-state index contributed by atoms with van der Waals surface area (Å²) in [4.78, 5) is 12.8. The molecule has 3 nitrogen and oxygen atoms in total. The molecule has 0 heterocycles. The lowest BCUT2D eigenvalue weighted by Crippen LogP contribution is -2.30. The van der Waals surface area contributed by atoms with Gasteiger partial charge in [-0.2, -0.15) is 13.2 Å². The molecular weight excluding hydrogens is 379 g/mol. The van der Waals surface area contributed by atoms with Crippen molar-refractivity contribution in [3.8, 4) is 5.75 Å². The van der Waals surface area contributed by atoms with Gasteiger partial charge in [-0.25, -0.2) is 0 Å². The maximum Gasteiger partial charge on any atom is 0.416 e. The van der Waals surface area contributed by atoms with E-state index in [4.69, 9.17) is 4.74 Å². The summed E-state index contributed by atoms with van der Waals surface area (Å²) in [5.74, 6) is 0.430. The van der Waals surface area contributed by atoms with Crippen LogP contribution in [-0.4, -0.2) is 18.9 Å². The number of ketones is 1. The number of ether oxygens (including phenoxy) is 1. The molecule has 0 atom stereocenters. The number of hydrogen-bond donors (Lipinski definition) is 1. The van der Waals surface area contributed by atoms with Crippen molar-refractivity contribution in [3.05, 3.63) is 71.3 Å². The second-order valence-corrected chi connectivity index (χ2v) is 7.21. The molecule has 0 aliphatic heterocycles. The summed E-state index contributed by atoms with van der Waals surface area (Å²) >= 11 is 0. The van der Waals surface area contributed by atoms with Crippen molar-refractivity contribution in [2.24, 2.45) is 0 Å². The largest absolute Gasteiger partial charge is 0.497 e. The SMILES string of the molecule is COc1ccc(C(=O)/C=C(\NC2CCCCC2)c2ccc(C(F)(F)F)cc2)cc1. The molecule has 0 bridgehead atoms. The number of rotatable bonds is 6. The van der Waals surface area contributed by atoms with E-state index in [2.05, 4.69) is 5.32 Å². The van der Waals surface area contributed by atoms with Gasteiger partial charge >= 0.3 is 6.18 Å². The molecule has 0 aromatic heterocycles. The fraction of sp³-hybridized carbons (Fsp3) is 0.348. The molecule has 1 aliphatic rings. The summed E-state index contributed by atoms with van der Waals surface area (Å²) in [6.45, 7) is 0. The Morgan fingerprint density at radius 2 is 1.55 bits per heavy atom. The molecule has 1 aliphatic carbocycles. The van der Waals surface area contributed by atoms with Crippen LogP contribution in [0.15, 0.2) is 54.6 Å². The van der Waals surface area contributed by atoms with Gasteiger partial charge in [-0.05, 0) is 54.8 Å². The lowest BCUT2D eigenvalue weighted by atomic mass is 9.94. The number of alkyl halides is 3. The molecule has 0 radical (unpaired) electrons. The maximum atomic E-state index is 12.9. The Morgan fingerprint density at radius 1 is 0.966 bits per heavy atom. The molecule has 3 rings (SSSR count). The van der Waals surface area contributed by atoms with Crippen LogP contribution in [0.1, 0.15) is 53.6 Å². The molecule has 0 saturated heterocycles. The van der Waals surface area contributed by atoms with E-state index in [9.17, 15) is 18.0 Å². The highest BCUT2D eigenvalue weighted by atomic mass is 19.4. The Morgan fingerprint density at radius 3 is 2.10 bits per heavy atom. The van der Waals surface area contributed by atoms with Crippen LogP contribution in [0.4, 0.5) is 13.2 Å². The van der Waals surface area contributed by atoms with E-state index in [1.807, 2.05) is 0 Å². The van der Waals surface area contributed by atoms with Crippen molar-refractivity contribution in [2.45, 2.75) is 44.3 Å². The van der Waals surface area contributed by atoms with Crippen LogP contribution in [0.25, 0.3) is 5.70 Å². The first-order chi connectivity index (χ1) is 13.9. The second kappa shape index (κ2) is 9.16. The van der Waals surface area contributed by atoms with E-state index in [1.54, 1.807) is 31.4 Å². The van der Waals surface area contributed by atoms with Crippen molar-refractivity contribution in [1.29, 1.82) is 0 Å². The zero-order chi connectivity index (χ0) is 20.9. The van der Waals surface area contributed by atoms with Crippen molar-refractivity contribution in [3.63, 3.8) is 0 Å². The predicted octanol–water partition coefficient (Wildman–Crippen LogP) is 5.86. The topological polar surface area (TPSA) is 38.3 Å². The van der Waals surface area contributed by atoms with E-state index in [0.29, 0.717) is 22.6 Å². The Labute approximate surface area is 168 Å². The third-order valence-corrected chi connectivity index (χ3v) is 5.14. The van der Waals surface area contributed by atoms with Crippen molar-refractivity contribution in [2.75, 3.05) is 7.11 Å². The third kappa shape index (κ3) is 5.62. The number of carbonyl (C=O) groups excluding carboxylic acids is 1. The van der Waals surface area contributed by atoms with Crippen molar-refractivity contribution in [1.82, 2.24) is 5.32 Å². The monoisotopic (exact) mass is 403 g/mol. The third-order valence-electron chi connectivity index (χ3n) is 5.14. The molecular formula is C23H24F3NO2. The molecule has 6 heteroatoms. The van der Waals surface area contributed by atoms with Gasteiger partial charge in [0.2, 0.25) is 0 Å². The maximum absolute atomic E-state index is 12.9. The first kappa shape index (κ1) is 21.0. The van der Waals surface area contributed by atoms with E-state index in [1.165, 1.54) is 24.6 Å². The fourth-order valence-electron chi connectivity index (χ4n) is 3.48. The number of hydrogen-bond acceptors (Lipinski definition) is 3. The van der Waals surface area contributed by atoms with Crippen LogP contribution in [0, 0.1) is 0 Å². The quantitative estimate of drug-likeness (QED) is 0.485. The highest BCUT2D eigenvalue weighted by molar-refractivity contribution is 6.08. The molecule has 2 aromatic carbocycles. The summed E-state index contributed by atoms with van der Waals surface area (Å²) in [6.07, 6.45) is 2.43. The molecule has 2 aromatic rings. The zero-order valence-electron chi connectivity index (χ0n) is 16.3. The number of halogens is 3. The van der Waals surface area contributed by atoms with Gasteiger partial charge in [0.1, 0.15) is 5.75 Å². The molecule has 1 fully saturated rings. The van der Waals surface area contributed by atoms with Crippen LogP contribution in [-0.2, 0) is 6.18 Å². The molecule has 154 valence electrons. The van der Waals surface area contributed by atoms with Crippen LogP contribution in [0.2, 0.25) is 0 Å². The van der Waals surface area contributed by atoms with Gasteiger partial charge in [0.15, 0.2) is 5.78 Å². The van der Waals surface area contributed by atoms with Crippen LogP contribution in [0.3, 0.4) is 0 Å². The van der Waals surface area contributed by atoms with Crippen LogP contribution >= 0.6 is 0 Å². The molecule has 1 N–H and O–H groups in total. The van der Waals surface area contributed by atoms with Gasteiger partial charge < -0.3 is 10.1 Å². The summed E-state index contributed by atoms with van der Waals surface area (Å²) in [7, 11) is 1.55. The second-order valence-electron chi connectivity index (χ2n) is 7.21. The van der Waals surface area contributed by atoms with Gasteiger partial charge in [-0.1, -0.05) is 31.4 Å². The standard InChI is InChI=1S/C23H24F3NO2/c1-29-20-13-9-17(10-14-20)22(28)15-21(27-19-5-3-2-4-6-19)16-7-11-18(12-8-16)23(24,25)26/h7-15,19,27H,2-6H2,1H3/b21-15-. The number of methoxy groups -OCH3 is 1. The van der Waals surface area contributed by atoms with Crippen molar-refractivity contribution < 1.29 is 22.7 Å². The van der Waals surface area contributed by atoms with Gasteiger partial charge in [-0.3, -0.25) is 4.79 Å². The Bertz CT molecular complexity index is 849. The number of allylic oxidation sites excluding steroid dienone is 1. The summed E-state index contributed by atoms with van der Waals surface area (Å²) in [5.41, 5.74) is 0.886. The predicted molar refractivity (Wildman–Crippen MR) is 107 cm³/mol. The molecule has 29 heavy (non-hydrogen) atoms. The Hall–Kier alpha value is -2.76. The lowest BCUT2D eigenvalue weighted by Gasteiger charge is -2.25. The number of nitrogens with one attached hydrogen (secondary N) is 1. The first-order valence-electron chi connectivity index (χ1n) is 9.71.